The number of carbonyl (C=O) groups excluding carboxylic acids is 1. The molecule has 0 spiro atoms. The quantitative estimate of drug-likeness (QED) is 0.649. The number of hydrogen-bond acceptors (Lipinski definition) is 5. The highest BCUT2D eigenvalue weighted by Crippen LogP contribution is 2.25. The first kappa shape index (κ1) is 22.1. The molecule has 0 unspecified atom stereocenters. The number of benzene rings is 1. The van der Waals surface area contributed by atoms with Crippen LogP contribution in [0.1, 0.15) is 49.4 Å². The van der Waals surface area contributed by atoms with E-state index in [1.807, 2.05) is 0 Å². The van der Waals surface area contributed by atoms with Crippen molar-refractivity contribution in [1.82, 2.24) is 14.5 Å². The predicted octanol–water partition coefficient (Wildman–Crippen LogP) is 2.33. The van der Waals surface area contributed by atoms with Gasteiger partial charge in [-0.1, -0.05) is 6.92 Å². The molecule has 0 atom stereocenters. The van der Waals surface area contributed by atoms with Crippen LogP contribution in [0.25, 0.3) is 0 Å². The van der Waals surface area contributed by atoms with Crippen LogP contribution in [0.3, 0.4) is 0 Å². The SMILES string of the molecule is COc1ccc(S(=O)(=O)NCCCN2CCC(C)CC2)cc1C(=O)N1CCCC1. The number of nitrogens with one attached hydrogen (secondary N) is 1. The zero-order valence-corrected chi connectivity index (χ0v) is 18.3. The third-order valence-electron chi connectivity index (χ3n) is 5.92. The number of rotatable bonds is 8. The Hall–Kier alpha value is -1.64. The molecule has 2 aliphatic rings. The third kappa shape index (κ3) is 5.71. The Balaban J connectivity index is 1.60. The van der Waals surface area contributed by atoms with Crippen LogP contribution in [-0.4, -0.2) is 70.5 Å². The molecule has 1 aromatic rings. The van der Waals surface area contributed by atoms with E-state index in [9.17, 15) is 13.2 Å². The van der Waals surface area contributed by atoms with Gasteiger partial charge in [-0.2, -0.15) is 0 Å². The molecular weight excluding hydrogens is 390 g/mol. The first-order valence-corrected chi connectivity index (χ1v) is 12.1. The molecule has 2 saturated heterocycles. The van der Waals surface area contributed by atoms with Gasteiger partial charge in [0.25, 0.3) is 5.91 Å². The van der Waals surface area contributed by atoms with E-state index in [4.69, 9.17) is 4.74 Å². The number of carbonyl (C=O) groups is 1. The standard InChI is InChI=1S/C21H33N3O4S/c1-17-8-14-23(15-9-17)11-5-10-22-29(26,27)18-6-7-20(28-2)19(16-18)21(25)24-12-3-4-13-24/h6-7,16-17,22H,3-5,8-15H2,1-2H3. The molecule has 7 nitrogen and oxygen atoms in total. The molecule has 3 rings (SSSR count). The van der Waals surface area contributed by atoms with E-state index in [1.165, 1.54) is 32.1 Å². The molecule has 162 valence electrons. The van der Waals surface area contributed by atoms with Crippen LogP contribution in [-0.2, 0) is 10.0 Å². The summed E-state index contributed by atoms with van der Waals surface area (Å²) in [6, 6.07) is 4.49. The maximum absolute atomic E-state index is 12.8. The highest BCUT2D eigenvalue weighted by atomic mass is 32.2. The Morgan fingerprint density at radius 2 is 1.86 bits per heavy atom. The second-order valence-electron chi connectivity index (χ2n) is 8.14. The van der Waals surface area contributed by atoms with Crippen molar-refractivity contribution in [3.63, 3.8) is 0 Å². The van der Waals surface area contributed by atoms with E-state index in [1.54, 1.807) is 11.0 Å². The lowest BCUT2D eigenvalue weighted by Gasteiger charge is -2.30. The van der Waals surface area contributed by atoms with Gasteiger partial charge in [0, 0.05) is 19.6 Å². The lowest BCUT2D eigenvalue weighted by molar-refractivity contribution is 0.0789. The second-order valence-corrected chi connectivity index (χ2v) is 9.90. The average Bonchev–Trinajstić information content (AvgIpc) is 3.26. The molecule has 1 N–H and O–H groups in total. The number of piperidine rings is 1. The van der Waals surface area contributed by atoms with Gasteiger partial charge in [-0.05, 0) is 75.9 Å². The van der Waals surface area contributed by atoms with E-state index in [2.05, 4.69) is 16.5 Å². The average molecular weight is 424 g/mol. The Morgan fingerprint density at radius 1 is 1.17 bits per heavy atom. The Kier molecular flexibility index (Phi) is 7.54. The number of sulfonamides is 1. The van der Waals surface area contributed by atoms with Gasteiger partial charge >= 0.3 is 0 Å². The molecule has 0 saturated carbocycles. The van der Waals surface area contributed by atoms with Crippen LogP contribution in [0, 0.1) is 5.92 Å². The number of ether oxygens (including phenoxy) is 1. The molecule has 2 fully saturated rings. The lowest BCUT2D eigenvalue weighted by atomic mass is 9.99. The highest BCUT2D eigenvalue weighted by Gasteiger charge is 2.25. The van der Waals surface area contributed by atoms with Crippen molar-refractivity contribution in [1.29, 1.82) is 0 Å². The summed E-state index contributed by atoms with van der Waals surface area (Å²) in [7, 11) is -2.18. The summed E-state index contributed by atoms with van der Waals surface area (Å²) in [4.78, 5) is 17.0. The number of nitrogens with zero attached hydrogens (tertiary/aromatic N) is 2. The molecule has 2 aliphatic heterocycles. The maximum atomic E-state index is 12.8. The summed E-state index contributed by atoms with van der Waals surface area (Å²) < 4.78 is 33.4. The van der Waals surface area contributed by atoms with Crippen molar-refractivity contribution in [2.24, 2.45) is 5.92 Å². The second kappa shape index (κ2) is 9.91. The topological polar surface area (TPSA) is 79.0 Å². The Labute approximate surface area is 174 Å². The molecule has 1 amide bonds. The molecule has 0 aromatic heterocycles. The summed E-state index contributed by atoms with van der Waals surface area (Å²) in [5.41, 5.74) is 0.305. The minimum absolute atomic E-state index is 0.104. The van der Waals surface area contributed by atoms with Crippen LogP contribution in [0.4, 0.5) is 0 Å². The van der Waals surface area contributed by atoms with Crippen LogP contribution < -0.4 is 9.46 Å². The van der Waals surface area contributed by atoms with Gasteiger partial charge in [-0.25, -0.2) is 13.1 Å². The van der Waals surface area contributed by atoms with Crippen LogP contribution in [0.15, 0.2) is 23.1 Å². The van der Waals surface area contributed by atoms with Gasteiger partial charge in [-0.3, -0.25) is 4.79 Å². The molecule has 0 aliphatic carbocycles. The molecule has 0 radical (unpaired) electrons. The summed E-state index contributed by atoms with van der Waals surface area (Å²) in [6.07, 6.45) is 5.15. The third-order valence-corrected chi connectivity index (χ3v) is 7.38. The van der Waals surface area contributed by atoms with Gasteiger partial charge in [0.05, 0.1) is 17.6 Å². The van der Waals surface area contributed by atoms with Crippen molar-refractivity contribution >= 4 is 15.9 Å². The van der Waals surface area contributed by atoms with Crippen molar-refractivity contribution in [2.45, 2.75) is 43.9 Å². The van der Waals surface area contributed by atoms with Crippen molar-refractivity contribution in [3.8, 4) is 5.75 Å². The monoisotopic (exact) mass is 423 g/mol. The zero-order chi connectivity index (χ0) is 20.9. The Morgan fingerprint density at radius 3 is 2.52 bits per heavy atom. The largest absolute Gasteiger partial charge is 0.496 e. The molecule has 1 aromatic carbocycles. The van der Waals surface area contributed by atoms with Crippen molar-refractivity contribution in [2.75, 3.05) is 46.4 Å². The zero-order valence-electron chi connectivity index (χ0n) is 17.5. The normalized spacial score (nSPS) is 18.9. The molecule has 2 heterocycles. The molecule has 0 bridgehead atoms. The van der Waals surface area contributed by atoms with Gasteiger partial charge < -0.3 is 14.5 Å². The van der Waals surface area contributed by atoms with Crippen molar-refractivity contribution < 1.29 is 17.9 Å². The maximum Gasteiger partial charge on any atom is 0.257 e. The minimum Gasteiger partial charge on any atom is -0.496 e. The predicted molar refractivity (Wildman–Crippen MR) is 113 cm³/mol. The van der Waals surface area contributed by atoms with Gasteiger partial charge in [0.15, 0.2) is 0 Å². The first-order chi connectivity index (χ1) is 13.9. The fraction of sp³-hybridized carbons (Fsp3) is 0.667. The number of likely N-dealkylation sites (tertiary alicyclic amines) is 2. The van der Waals surface area contributed by atoms with Gasteiger partial charge in [0.1, 0.15) is 5.75 Å². The molecule has 29 heavy (non-hydrogen) atoms. The van der Waals surface area contributed by atoms with Gasteiger partial charge in [0.2, 0.25) is 10.0 Å². The Bertz CT molecular complexity index is 798. The van der Waals surface area contributed by atoms with E-state index < -0.39 is 10.0 Å². The number of amides is 1. The molecule has 8 heteroatoms. The summed E-state index contributed by atoms with van der Waals surface area (Å²) in [6.45, 7) is 7.15. The molecular formula is C21H33N3O4S. The fourth-order valence-electron chi connectivity index (χ4n) is 3.99. The van der Waals surface area contributed by atoms with Crippen LogP contribution in [0.2, 0.25) is 0 Å². The van der Waals surface area contributed by atoms with E-state index in [0.717, 1.165) is 44.8 Å². The highest BCUT2D eigenvalue weighted by molar-refractivity contribution is 7.89. The summed E-state index contributed by atoms with van der Waals surface area (Å²) in [5.74, 6) is 1.02. The first-order valence-electron chi connectivity index (χ1n) is 10.6. The van der Waals surface area contributed by atoms with E-state index in [-0.39, 0.29) is 10.8 Å². The fourth-order valence-corrected chi connectivity index (χ4v) is 5.09. The summed E-state index contributed by atoms with van der Waals surface area (Å²) in [5, 5.41) is 0. The number of methoxy groups -OCH3 is 1. The van der Waals surface area contributed by atoms with Crippen LogP contribution >= 0.6 is 0 Å². The van der Waals surface area contributed by atoms with Gasteiger partial charge in [-0.15, -0.1) is 0 Å². The smallest absolute Gasteiger partial charge is 0.257 e. The summed E-state index contributed by atoms with van der Waals surface area (Å²) >= 11 is 0. The van der Waals surface area contributed by atoms with E-state index in [0.29, 0.717) is 30.9 Å². The van der Waals surface area contributed by atoms with Crippen molar-refractivity contribution in [3.05, 3.63) is 23.8 Å². The minimum atomic E-state index is -3.67. The van der Waals surface area contributed by atoms with Crippen LogP contribution in [0.5, 0.6) is 5.75 Å². The number of hydrogen-bond donors (Lipinski definition) is 1. The van der Waals surface area contributed by atoms with E-state index >= 15 is 0 Å². The lowest BCUT2D eigenvalue weighted by Crippen LogP contribution is -2.35.